The highest BCUT2D eigenvalue weighted by molar-refractivity contribution is 7.09. The van der Waals surface area contributed by atoms with Crippen molar-refractivity contribution in [2.24, 2.45) is 0 Å². The van der Waals surface area contributed by atoms with E-state index in [9.17, 15) is 18.9 Å². The van der Waals surface area contributed by atoms with E-state index in [2.05, 4.69) is 5.32 Å². The van der Waals surface area contributed by atoms with Gasteiger partial charge in [0, 0.05) is 17.5 Å². The summed E-state index contributed by atoms with van der Waals surface area (Å²) in [5.74, 6) is -1.95. The predicted molar refractivity (Wildman–Crippen MR) is 64.7 cm³/mol. The van der Waals surface area contributed by atoms with Crippen LogP contribution in [0.4, 0.5) is 20.2 Å². The lowest BCUT2D eigenvalue weighted by Crippen LogP contribution is -2.04. The first-order chi connectivity index (χ1) is 8.58. The minimum absolute atomic E-state index is 0.251. The molecule has 0 unspecified atom stereocenters. The molecular formula is C11H8F2N2O2S. The van der Waals surface area contributed by atoms with Crippen molar-refractivity contribution in [1.29, 1.82) is 0 Å². The number of nitrogens with zero attached hydrogens (tertiary/aromatic N) is 1. The molecular weight excluding hydrogens is 262 g/mol. The predicted octanol–water partition coefficient (Wildman–Crippen LogP) is 3.55. The average molecular weight is 270 g/mol. The molecule has 0 aliphatic carbocycles. The summed E-state index contributed by atoms with van der Waals surface area (Å²) in [6, 6.07) is 4.94. The number of halogens is 2. The monoisotopic (exact) mass is 270 g/mol. The fraction of sp³-hybridized carbons (Fsp3) is 0.0909. The molecule has 1 aromatic heterocycles. The second-order valence-electron chi connectivity index (χ2n) is 3.47. The first-order valence-electron chi connectivity index (χ1n) is 4.97. The second-order valence-corrected chi connectivity index (χ2v) is 4.50. The quantitative estimate of drug-likeness (QED) is 0.682. The van der Waals surface area contributed by atoms with Crippen molar-refractivity contribution >= 4 is 22.7 Å². The van der Waals surface area contributed by atoms with Crippen molar-refractivity contribution in [1.82, 2.24) is 0 Å². The summed E-state index contributed by atoms with van der Waals surface area (Å²) in [4.78, 5) is 10.8. The van der Waals surface area contributed by atoms with Crippen LogP contribution in [0, 0.1) is 21.7 Å². The summed E-state index contributed by atoms with van der Waals surface area (Å²) in [6.07, 6.45) is 0. The summed E-state index contributed by atoms with van der Waals surface area (Å²) in [7, 11) is 0. The van der Waals surface area contributed by atoms with E-state index < -0.39 is 22.2 Å². The molecule has 2 rings (SSSR count). The van der Waals surface area contributed by atoms with Crippen LogP contribution in [0.2, 0.25) is 0 Å². The van der Waals surface area contributed by atoms with Crippen LogP contribution in [0.3, 0.4) is 0 Å². The number of benzene rings is 1. The molecule has 0 saturated carbocycles. The van der Waals surface area contributed by atoms with Crippen LogP contribution in [-0.4, -0.2) is 4.92 Å². The van der Waals surface area contributed by atoms with Crippen LogP contribution in [0.5, 0.6) is 0 Å². The third-order valence-electron chi connectivity index (χ3n) is 2.25. The third kappa shape index (κ3) is 2.62. The molecule has 1 aromatic carbocycles. The topological polar surface area (TPSA) is 55.2 Å². The maximum Gasteiger partial charge on any atom is 0.298 e. The van der Waals surface area contributed by atoms with E-state index in [-0.39, 0.29) is 12.2 Å². The number of nitro benzene ring substituents is 1. The molecule has 0 aliphatic heterocycles. The normalized spacial score (nSPS) is 10.3. The minimum atomic E-state index is -0.974. The van der Waals surface area contributed by atoms with Crippen LogP contribution in [0.25, 0.3) is 0 Å². The van der Waals surface area contributed by atoms with Crippen molar-refractivity contribution in [3.63, 3.8) is 0 Å². The molecule has 2 aromatic rings. The van der Waals surface area contributed by atoms with Crippen LogP contribution >= 0.6 is 11.3 Å². The molecule has 1 N–H and O–H groups in total. The Bertz CT molecular complexity index is 573. The second kappa shape index (κ2) is 5.09. The lowest BCUT2D eigenvalue weighted by molar-refractivity contribution is -0.384. The Morgan fingerprint density at radius 1 is 1.39 bits per heavy atom. The summed E-state index contributed by atoms with van der Waals surface area (Å²) in [5, 5.41) is 15.2. The van der Waals surface area contributed by atoms with Gasteiger partial charge in [-0.1, -0.05) is 6.07 Å². The Labute approximate surface area is 105 Å². The lowest BCUT2D eigenvalue weighted by atomic mass is 10.2. The van der Waals surface area contributed by atoms with Crippen LogP contribution < -0.4 is 5.32 Å². The maximum atomic E-state index is 13.5. The molecule has 7 heteroatoms. The standard InChI is InChI=1S/C11H8F2N2O2S/c12-7-4-9(13)11(10(5-7)15(16)17)14-6-8-2-1-3-18-8/h1-5,14H,6H2. The highest BCUT2D eigenvalue weighted by atomic mass is 32.1. The summed E-state index contributed by atoms with van der Waals surface area (Å²) in [6.45, 7) is 0.251. The largest absolute Gasteiger partial charge is 0.372 e. The van der Waals surface area contributed by atoms with Crippen LogP contribution in [-0.2, 0) is 6.54 Å². The molecule has 4 nitrogen and oxygen atoms in total. The van der Waals surface area contributed by atoms with E-state index in [1.54, 1.807) is 0 Å². The Hall–Kier alpha value is -2.02. The van der Waals surface area contributed by atoms with Gasteiger partial charge in [-0.2, -0.15) is 0 Å². The van der Waals surface area contributed by atoms with Gasteiger partial charge in [-0.25, -0.2) is 8.78 Å². The number of nitro groups is 1. The summed E-state index contributed by atoms with van der Waals surface area (Å²) >= 11 is 1.44. The van der Waals surface area contributed by atoms with E-state index in [0.29, 0.717) is 12.1 Å². The van der Waals surface area contributed by atoms with Gasteiger partial charge in [-0.05, 0) is 11.4 Å². The Morgan fingerprint density at radius 2 is 2.17 bits per heavy atom. The van der Waals surface area contributed by atoms with Crippen LogP contribution in [0.1, 0.15) is 4.88 Å². The number of hydrogen-bond acceptors (Lipinski definition) is 4. The Balaban J connectivity index is 2.28. The van der Waals surface area contributed by atoms with Crippen LogP contribution in [0.15, 0.2) is 29.6 Å². The highest BCUT2D eigenvalue weighted by Crippen LogP contribution is 2.29. The zero-order chi connectivity index (χ0) is 13.1. The fourth-order valence-electron chi connectivity index (χ4n) is 1.47. The van der Waals surface area contributed by atoms with Gasteiger partial charge in [0.15, 0.2) is 5.82 Å². The smallest absolute Gasteiger partial charge is 0.298 e. The Kier molecular flexibility index (Phi) is 3.52. The Morgan fingerprint density at radius 3 is 2.78 bits per heavy atom. The average Bonchev–Trinajstić information content (AvgIpc) is 2.79. The van der Waals surface area contributed by atoms with Crippen molar-refractivity contribution in [3.05, 3.63) is 56.3 Å². The lowest BCUT2D eigenvalue weighted by Gasteiger charge is -2.07. The highest BCUT2D eigenvalue weighted by Gasteiger charge is 2.20. The minimum Gasteiger partial charge on any atom is -0.372 e. The molecule has 1 heterocycles. The maximum absolute atomic E-state index is 13.5. The number of hydrogen-bond donors (Lipinski definition) is 1. The van der Waals surface area contributed by atoms with Crippen molar-refractivity contribution in [2.75, 3.05) is 5.32 Å². The number of thiophene rings is 1. The van der Waals surface area contributed by atoms with Gasteiger partial charge in [0.1, 0.15) is 11.5 Å². The first kappa shape index (κ1) is 12.4. The molecule has 0 bridgehead atoms. The molecule has 0 amide bonds. The number of nitrogens with one attached hydrogen (secondary N) is 1. The molecule has 18 heavy (non-hydrogen) atoms. The van der Waals surface area contributed by atoms with E-state index in [4.69, 9.17) is 0 Å². The summed E-state index contributed by atoms with van der Waals surface area (Å²) < 4.78 is 26.4. The molecule has 0 atom stereocenters. The van der Waals surface area contributed by atoms with Gasteiger partial charge < -0.3 is 5.32 Å². The van der Waals surface area contributed by atoms with E-state index in [1.807, 2.05) is 17.5 Å². The zero-order valence-corrected chi connectivity index (χ0v) is 9.84. The number of anilines is 1. The third-order valence-corrected chi connectivity index (χ3v) is 3.13. The summed E-state index contributed by atoms with van der Waals surface area (Å²) in [5.41, 5.74) is -0.904. The SMILES string of the molecule is O=[N+]([O-])c1cc(F)cc(F)c1NCc1cccs1. The van der Waals surface area contributed by atoms with E-state index in [0.717, 1.165) is 4.88 Å². The van der Waals surface area contributed by atoms with Crippen molar-refractivity contribution in [3.8, 4) is 0 Å². The molecule has 0 saturated heterocycles. The molecule has 0 spiro atoms. The fourth-order valence-corrected chi connectivity index (χ4v) is 2.11. The first-order valence-corrected chi connectivity index (χ1v) is 5.85. The van der Waals surface area contributed by atoms with Gasteiger partial charge in [-0.3, -0.25) is 10.1 Å². The molecule has 0 aliphatic rings. The van der Waals surface area contributed by atoms with Gasteiger partial charge >= 0.3 is 0 Å². The van der Waals surface area contributed by atoms with E-state index in [1.165, 1.54) is 11.3 Å². The molecule has 94 valence electrons. The molecule has 0 fully saturated rings. The van der Waals surface area contributed by atoms with Crippen molar-refractivity contribution < 1.29 is 13.7 Å². The van der Waals surface area contributed by atoms with Crippen molar-refractivity contribution in [2.45, 2.75) is 6.54 Å². The van der Waals surface area contributed by atoms with Gasteiger partial charge in [-0.15, -0.1) is 11.3 Å². The number of rotatable bonds is 4. The van der Waals surface area contributed by atoms with Gasteiger partial charge in [0.2, 0.25) is 0 Å². The molecule has 0 radical (unpaired) electrons. The van der Waals surface area contributed by atoms with E-state index >= 15 is 0 Å². The zero-order valence-electron chi connectivity index (χ0n) is 9.02. The van der Waals surface area contributed by atoms with Gasteiger partial charge in [0.25, 0.3) is 5.69 Å². The van der Waals surface area contributed by atoms with Gasteiger partial charge in [0.05, 0.1) is 11.0 Å².